The highest BCUT2D eigenvalue weighted by Gasteiger charge is 2.37. The van der Waals surface area contributed by atoms with Crippen molar-refractivity contribution in [3.05, 3.63) is 65.2 Å². The number of nitrogens with zero attached hydrogens (tertiary/aromatic N) is 4. The van der Waals surface area contributed by atoms with E-state index < -0.39 is 6.29 Å². The molecule has 8 nitrogen and oxygen atoms in total. The molecule has 8 heteroatoms. The molecule has 0 aromatic heterocycles. The van der Waals surface area contributed by atoms with E-state index in [1.54, 1.807) is 6.07 Å². The van der Waals surface area contributed by atoms with Crippen LogP contribution in [0.2, 0.25) is 0 Å². The molecule has 0 spiro atoms. The van der Waals surface area contributed by atoms with Crippen molar-refractivity contribution in [3.63, 3.8) is 0 Å². The number of carbonyl (C=O) groups excluding carboxylic acids is 1. The average Bonchev–Trinajstić information content (AvgIpc) is 3.89. The summed E-state index contributed by atoms with van der Waals surface area (Å²) in [5.41, 5.74) is 2.92. The second-order valence-corrected chi connectivity index (χ2v) is 14.0. The van der Waals surface area contributed by atoms with E-state index in [-0.39, 0.29) is 17.7 Å². The van der Waals surface area contributed by atoms with E-state index >= 15 is 0 Å². The fourth-order valence-electron chi connectivity index (χ4n) is 7.45. The second kappa shape index (κ2) is 17.1. The number of aliphatic hydroxyl groups is 1. The van der Waals surface area contributed by atoms with E-state index in [1.165, 1.54) is 19.4 Å². The van der Waals surface area contributed by atoms with Crippen LogP contribution in [0.3, 0.4) is 0 Å². The lowest BCUT2D eigenvalue weighted by atomic mass is 9.92. The van der Waals surface area contributed by atoms with Crippen LogP contribution in [0.25, 0.3) is 0 Å². The first kappa shape index (κ1) is 34.8. The zero-order valence-corrected chi connectivity index (χ0v) is 28.5. The number of hydrogen-bond donors (Lipinski definition) is 2. The molecule has 1 amide bonds. The Morgan fingerprint density at radius 2 is 1.67 bits per heavy atom. The third-order valence-corrected chi connectivity index (χ3v) is 10.2. The molecular formula is C38H58N4O4. The molecule has 3 aliphatic rings. The number of piperazine rings is 1. The molecule has 2 heterocycles. The van der Waals surface area contributed by atoms with Crippen LogP contribution >= 0.6 is 0 Å². The quantitative estimate of drug-likeness (QED) is 0.191. The Balaban J connectivity index is 1.21. The molecule has 1 saturated carbocycles. The molecule has 2 saturated heterocycles. The number of rotatable bonds is 15. The highest BCUT2D eigenvalue weighted by Crippen LogP contribution is 2.37. The van der Waals surface area contributed by atoms with Crippen molar-refractivity contribution in [2.75, 3.05) is 59.0 Å². The van der Waals surface area contributed by atoms with Gasteiger partial charge in [-0.05, 0) is 114 Å². The smallest absolute Gasteiger partial charge is 0.253 e. The summed E-state index contributed by atoms with van der Waals surface area (Å²) in [4.78, 5) is 23.7. The van der Waals surface area contributed by atoms with Crippen LogP contribution < -0.4 is 0 Å². The molecule has 1 aliphatic carbocycles. The number of aromatic hydroxyl groups is 1. The van der Waals surface area contributed by atoms with E-state index in [0.29, 0.717) is 25.1 Å². The van der Waals surface area contributed by atoms with Gasteiger partial charge in [0.1, 0.15) is 5.75 Å². The van der Waals surface area contributed by atoms with E-state index in [2.05, 4.69) is 46.7 Å². The van der Waals surface area contributed by atoms with Gasteiger partial charge in [0, 0.05) is 63.5 Å². The predicted octanol–water partition coefficient (Wildman–Crippen LogP) is 5.74. The lowest BCUT2D eigenvalue weighted by Crippen LogP contribution is -2.57. The predicted molar refractivity (Wildman–Crippen MR) is 184 cm³/mol. The van der Waals surface area contributed by atoms with E-state index in [9.17, 15) is 15.0 Å². The van der Waals surface area contributed by atoms with Gasteiger partial charge in [-0.25, -0.2) is 0 Å². The van der Waals surface area contributed by atoms with E-state index in [4.69, 9.17) is 4.74 Å². The fraction of sp³-hybridized carbons (Fsp3) is 0.658. The number of aliphatic hydroxyl groups excluding tert-OH is 1. The maximum Gasteiger partial charge on any atom is 0.253 e. The van der Waals surface area contributed by atoms with Gasteiger partial charge in [-0.3, -0.25) is 14.6 Å². The number of amides is 1. The molecule has 3 fully saturated rings. The van der Waals surface area contributed by atoms with Crippen molar-refractivity contribution in [1.82, 2.24) is 19.6 Å². The van der Waals surface area contributed by atoms with Crippen LogP contribution in [0.5, 0.6) is 5.75 Å². The number of benzene rings is 2. The molecule has 46 heavy (non-hydrogen) atoms. The Hall–Kier alpha value is -2.49. The summed E-state index contributed by atoms with van der Waals surface area (Å²) in [6.07, 6.45) is 8.19. The Bertz CT molecular complexity index is 1240. The molecule has 1 unspecified atom stereocenters. The standard InChI is InChI=1S/C38H58N4O4/c1-4-46-36(44)16-7-5-6-8-19-39-20-11-21-40(23-22-39)38(45)34-14-9-12-32(24-34)37(33-13-10-15-35(43)25-33)42-27-29(2)41(26-30(42)3)28-31-17-18-31/h9-10,12-15,24-25,29-31,36-37,43-44H,4-8,11,16-23,26-28H2,1-3H3/t29-,30+,36?,37-/m1/s1. The van der Waals surface area contributed by atoms with Crippen LogP contribution in [0.1, 0.15) is 99.7 Å². The topological polar surface area (TPSA) is 79.7 Å². The number of hydrogen-bond acceptors (Lipinski definition) is 7. The average molecular weight is 635 g/mol. The normalized spacial score (nSPS) is 23.3. The minimum absolute atomic E-state index is 0.0394. The summed E-state index contributed by atoms with van der Waals surface area (Å²) >= 11 is 0. The lowest BCUT2D eigenvalue weighted by molar-refractivity contribution is -0.0994. The zero-order chi connectivity index (χ0) is 32.5. The van der Waals surface area contributed by atoms with E-state index in [1.807, 2.05) is 36.1 Å². The number of unbranched alkanes of at least 4 members (excludes halogenated alkanes) is 3. The van der Waals surface area contributed by atoms with Crippen LogP contribution in [0, 0.1) is 5.92 Å². The molecule has 254 valence electrons. The molecule has 4 atom stereocenters. The Labute approximate surface area is 277 Å². The Morgan fingerprint density at radius 3 is 2.43 bits per heavy atom. The number of phenols is 1. The van der Waals surface area contributed by atoms with Gasteiger partial charge in [-0.2, -0.15) is 0 Å². The third-order valence-electron chi connectivity index (χ3n) is 10.2. The summed E-state index contributed by atoms with van der Waals surface area (Å²) in [7, 11) is 0. The maximum absolute atomic E-state index is 13.9. The maximum atomic E-state index is 13.9. The molecular weight excluding hydrogens is 576 g/mol. The summed E-state index contributed by atoms with van der Waals surface area (Å²) < 4.78 is 5.22. The largest absolute Gasteiger partial charge is 0.508 e. The minimum Gasteiger partial charge on any atom is -0.508 e. The monoisotopic (exact) mass is 634 g/mol. The van der Waals surface area contributed by atoms with Gasteiger partial charge in [-0.15, -0.1) is 0 Å². The van der Waals surface area contributed by atoms with Crippen molar-refractivity contribution in [3.8, 4) is 5.75 Å². The first-order chi connectivity index (χ1) is 22.3. The summed E-state index contributed by atoms with van der Waals surface area (Å²) in [5, 5.41) is 20.2. The van der Waals surface area contributed by atoms with Crippen LogP contribution in [-0.2, 0) is 4.74 Å². The number of carbonyl (C=O) groups is 1. The minimum atomic E-state index is -0.628. The number of ether oxygens (including phenoxy) is 1. The van der Waals surface area contributed by atoms with Gasteiger partial charge in [0.05, 0.1) is 6.04 Å². The molecule has 2 N–H and O–H groups in total. The summed E-state index contributed by atoms with van der Waals surface area (Å²) in [6.45, 7) is 14.8. The van der Waals surface area contributed by atoms with Crippen molar-refractivity contribution < 1.29 is 19.7 Å². The van der Waals surface area contributed by atoms with Crippen LogP contribution in [0.4, 0.5) is 0 Å². The van der Waals surface area contributed by atoms with Gasteiger partial charge >= 0.3 is 0 Å². The summed E-state index contributed by atoms with van der Waals surface area (Å²) in [6, 6.07) is 16.7. The zero-order valence-electron chi connectivity index (χ0n) is 28.5. The van der Waals surface area contributed by atoms with Gasteiger partial charge in [0.25, 0.3) is 5.91 Å². The molecule has 2 aliphatic heterocycles. The van der Waals surface area contributed by atoms with Gasteiger partial charge in [0.2, 0.25) is 0 Å². The van der Waals surface area contributed by atoms with Gasteiger partial charge in [0.15, 0.2) is 6.29 Å². The Kier molecular flexibility index (Phi) is 12.9. The van der Waals surface area contributed by atoms with Gasteiger partial charge < -0.3 is 24.7 Å². The molecule has 5 rings (SSSR count). The van der Waals surface area contributed by atoms with Gasteiger partial charge in [-0.1, -0.05) is 37.1 Å². The van der Waals surface area contributed by atoms with Crippen molar-refractivity contribution in [2.45, 2.75) is 96.6 Å². The fourth-order valence-corrected chi connectivity index (χ4v) is 7.45. The first-order valence-corrected chi connectivity index (χ1v) is 18.0. The van der Waals surface area contributed by atoms with Crippen molar-refractivity contribution in [1.29, 1.82) is 0 Å². The molecule has 2 aromatic rings. The highest BCUT2D eigenvalue weighted by atomic mass is 16.6. The molecule has 0 radical (unpaired) electrons. The highest BCUT2D eigenvalue weighted by molar-refractivity contribution is 5.94. The van der Waals surface area contributed by atoms with Crippen LogP contribution in [0.15, 0.2) is 48.5 Å². The Morgan fingerprint density at radius 1 is 0.913 bits per heavy atom. The van der Waals surface area contributed by atoms with Crippen LogP contribution in [-0.4, -0.2) is 113 Å². The molecule has 0 bridgehead atoms. The number of phenolic OH excluding ortho intramolecular Hbond substituents is 1. The third kappa shape index (κ3) is 9.77. The van der Waals surface area contributed by atoms with Crippen molar-refractivity contribution in [2.24, 2.45) is 5.92 Å². The SMILES string of the molecule is CCOC(O)CCCCCCN1CCCN(C(=O)c2cccc([C@H](c3cccc(O)c3)N3C[C@@H](C)N(CC4CC4)C[C@@H]3C)c2)CC1. The second-order valence-electron chi connectivity index (χ2n) is 14.0. The summed E-state index contributed by atoms with van der Waals surface area (Å²) in [5.74, 6) is 1.26. The van der Waals surface area contributed by atoms with E-state index in [0.717, 1.165) is 101 Å². The lowest BCUT2D eigenvalue weighted by Gasteiger charge is -2.48. The molecule has 2 aromatic carbocycles. The van der Waals surface area contributed by atoms with Crippen molar-refractivity contribution >= 4 is 5.91 Å². The first-order valence-electron chi connectivity index (χ1n) is 18.0.